The van der Waals surface area contributed by atoms with Crippen LogP contribution in [0.25, 0.3) is 10.1 Å². The van der Waals surface area contributed by atoms with Gasteiger partial charge in [-0.25, -0.2) is 8.42 Å². The van der Waals surface area contributed by atoms with Gasteiger partial charge in [0.15, 0.2) is 9.84 Å². The van der Waals surface area contributed by atoms with E-state index in [-0.39, 0.29) is 23.3 Å². The summed E-state index contributed by atoms with van der Waals surface area (Å²) in [6, 6.07) is 7.59. The van der Waals surface area contributed by atoms with Crippen LogP contribution in [0.1, 0.15) is 16.1 Å². The predicted molar refractivity (Wildman–Crippen MR) is 85.9 cm³/mol. The van der Waals surface area contributed by atoms with Gasteiger partial charge in [0.1, 0.15) is 4.88 Å². The van der Waals surface area contributed by atoms with Crippen LogP contribution in [0, 0.1) is 5.92 Å². The van der Waals surface area contributed by atoms with Crippen LogP contribution < -0.4 is 5.32 Å². The molecule has 1 N–H and O–H groups in total. The van der Waals surface area contributed by atoms with Gasteiger partial charge in [-0.05, 0) is 18.4 Å². The second-order valence-corrected chi connectivity index (χ2v) is 8.88. The van der Waals surface area contributed by atoms with Crippen molar-refractivity contribution in [1.29, 1.82) is 0 Å². The number of carbonyl (C=O) groups excluding carboxylic acids is 1. The van der Waals surface area contributed by atoms with Crippen LogP contribution in [-0.2, 0) is 9.84 Å². The van der Waals surface area contributed by atoms with Gasteiger partial charge in [-0.2, -0.15) is 0 Å². The van der Waals surface area contributed by atoms with E-state index in [1.165, 1.54) is 11.3 Å². The minimum Gasteiger partial charge on any atom is -0.351 e. The van der Waals surface area contributed by atoms with E-state index in [1.807, 2.05) is 24.3 Å². The molecule has 0 aliphatic carbocycles. The van der Waals surface area contributed by atoms with Crippen LogP contribution in [0.4, 0.5) is 0 Å². The van der Waals surface area contributed by atoms with Gasteiger partial charge >= 0.3 is 0 Å². The third-order valence-electron chi connectivity index (χ3n) is 3.62. The third-order valence-corrected chi connectivity index (χ3v) is 7.13. The van der Waals surface area contributed by atoms with Gasteiger partial charge in [0, 0.05) is 16.6 Å². The van der Waals surface area contributed by atoms with Crippen LogP contribution in [0.3, 0.4) is 0 Å². The first-order valence-corrected chi connectivity index (χ1v) is 9.63. The maximum Gasteiger partial charge on any atom is 0.262 e. The summed E-state index contributed by atoms with van der Waals surface area (Å²) in [6.45, 7) is 0.378. The fraction of sp³-hybridized carbons (Fsp3) is 0.357. The average Bonchev–Trinajstić information content (AvgIpc) is 2.97. The molecule has 2 heterocycles. The Hall–Kier alpha value is -1.11. The number of carbonyl (C=O) groups is 1. The molecule has 1 atom stereocenters. The summed E-state index contributed by atoms with van der Waals surface area (Å²) in [5.74, 6) is 0.155. The summed E-state index contributed by atoms with van der Waals surface area (Å²) in [5.41, 5.74) is 0. The lowest BCUT2D eigenvalue weighted by Crippen LogP contribution is -2.29. The van der Waals surface area contributed by atoms with E-state index in [9.17, 15) is 13.2 Å². The number of hydrogen-bond acceptors (Lipinski definition) is 4. The molecule has 0 spiro atoms. The van der Waals surface area contributed by atoms with Gasteiger partial charge in [-0.3, -0.25) is 4.79 Å². The number of fused-ring (bicyclic) bond motifs is 1. The van der Waals surface area contributed by atoms with E-state index in [0.717, 1.165) is 10.1 Å². The van der Waals surface area contributed by atoms with E-state index in [0.29, 0.717) is 22.9 Å². The molecule has 7 heteroatoms. The number of nitrogens with one attached hydrogen (secondary N) is 1. The van der Waals surface area contributed by atoms with Crippen LogP contribution >= 0.6 is 22.9 Å². The molecule has 1 aliphatic heterocycles. The summed E-state index contributed by atoms with van der Waals surface area (Å²) in [6.07, 6.45) is 0.614. The Balaban J connectivity index is 1.71. The molecule has 1 aliphatic rings. The topological polar surface area (TPSA) is 63.2 Å². The van der Waals surface area contributed by atoms with Crippen LogP contribution in [0.15, 0.2) is 24.3 Å². The van der Waals surface area contributed by atoms with Gasteiger partial charge in [0.2, 0.25) is 0 Å². The van der Waals surface area contributed by atoms with Gasteiger partial charge in [0.25, 0.3) is 5.91 Å². The Morgan fingerprint density at radius 2 is 2.14 bits per heavy atom. The molecule has 2 aromatic rings. The normalized spacial score (nSPS) is 20.7. The monoisotopic (exact) mass is 343 g/mol. The van der Waals surface area contributed by atoms with Crippen molar-refractivity contribution >= 4 is 48.8 Å². The SMILES string of the molecule is O=C(NCC1CCS(=O)(=O)C1)c1sc2ccccc2c1Cl. The molecule has 0 radical (unpaired) electrons. The van der Waals surface area contributed by atoms with Crippen molar-refractivity contribution in [3.63, 3.8) is 0 Å². The summed E-state index contributed by atoms with van der Waals surface area (Å²) < 4.78 is 23.8. The minimum atomic E-state index is -2.91. The van der Waals surface area contributed by atoms with Crippen molar-refractivity contribution in [3.8, 4) is 0 Å². The second kappa shape index (κ2) is 5.59. The van der Waals surface area contributed by atoms with E-state index in [2.05, 4.69) is 5.32 Å². The predicted octanol–water partition coefficient (Wildman–Crippen LogP) is 2.72. The zero-order chi connectivity index (χ0) is 15.0. The smallest absolute Gasteiger partial charge is 0.262 e. The Labute approximate surface area is 132 Å². The van der Waals surface area contributed by atoms with Crippen molar-refractivity contribution in [3.05, 3.63) is 34.2 Å². The summed E-state index contributed by atoms with van der Waals surface area (Å²) in [7, 11) is -2.91. The number of halogens is 1. The molecule has 3 rings (SSSR count). The molecular formula is C14H14ClNO3S2. The summed E-state index contributed by atoms with van der Waals surface area (Å²) >= 11 is 7.60. The molecular weight excluding hydrogens is 330 g/mol. The highest BCUT2D eigenvalue weighted by Gasteiger charge is 2.28. The summed E-state index contributed by atoms with van der Waals surface area (Å²) in [5, 5.41) is 4.14. The molecule has 21 heavy (non-hydrogen) atoms. The molecule has 1 unspecified atom stereocenters. The maximum absolute atomic E-state index is 12.2. The molecule has 112 valence electrons. The van der Waals surface area contributed by atoms with Crippen molar-refractivity contribution in [2.24, 2.45) is 5.92 Å². The molecule has 4 nitrogen and oxygen atoms in total. The zero-order valence-corrected chi connectivity index (χ0v) is 13.5. The molecule has 1 fully saturated rings. The van der Waals surface area contributed by atoms with Crippen molar-refractivity contribution in [2.45, 2.75) is 6.42 Å². The molecule has 1 amide bonds. The number of hydrogen-bond donors (Lipinski definition) is 1. The van der Waals surface area contributed by atoms with Crippen LogP contribution in [0.2, 0.25) is 5.02 Å². The van der Waals surface area contributed by atoms with E-state index in [4.69, 9.17) is 11.6 Å². The van der Waals surface area contributed by atoms with Crippen molar-refractivity contribution in [2.75, 3.05) is 18.1 Å². The lowest BCUT2D eigenvalue weighted by atomic mass is 10.1. The van der Waals surface area contributed by atoms with E-state index < -0.39 is 9.84 Å². The lowest BCUT2D eigenvalue weighted by molar-refractivity contribution is 0.0952. The zero-order valence-electron chi connectivity index (χ0n) is 11.1. The maximum atomic E-state index is 12.2. The highest BCUT2D eigenvalue weighted by atomic mass is 35.5. The number of rotatable bonds is 3. The quantitative estimate of drug-likeness (QED) is 0.932. The van der Waals surface area contributed by atoms with Gasteiger partial charge < -0.3 is 5.32 Å². The first-order valence-electron chi connectivity index (χ1n) is 6.62. The molecule has 1 saturated heterocycles. The number of sulfone groups is 1. The Bertz CT molecular complexity index is 798. The lowest BCUT2D eigenvalue weighted by Gasteiger charge is -2.08. The fourth-order valence-corrected chi connectivity index (χ4v) is 5.81. The minimum absolute atomic E-state index is 0.00658. The van der Waals surface area contributed by atoms with Gasteiger partial charge in [-0.1, -0.05) is 29.8 Å². The van der Waals surface area contributed by atoms with Gasteiger partial charge in [-0.15, -0.1) is 11.3 Å². The van der Waals surface area contributed by atoms with E-state index >= 15 is 0 Å². The largest absolute Gasteiger partial charge is 0.351 e. The second-order valence-electron chi connectivity index (χ2n) is 5.22. The highest BCUT2D eigenvalue weighted by Crippen LogP contribution is 2.35. The van der Waals surface area contributed by atoms with Crippen LogP contribution in [-0.4, -0.2) is 32.4 Å². The number of thiophene rings is 1. The van der Waals surface area contributed by atoms with Crippen molar-refractivity contribution < 1.29 is 13.2 Å². The molecule has 0 bridgehead atoms. The van der Waals surface area contributed by atoms with E-state index in [1.54, 1.807) is 0 Å². The van der Waals surface area contributed by atoms with Crippen molar-refractivity contribution in [1.82, 2.24) is 5.32 Å². The summed E-state index contributed by atoms with van der Waals surface area (Å²) in [4.78, 5) is 12.7. The number of benzene rings is 1. The Kier molecular flexibility index (Phi) is 3.94. The Morgan fingerprint density at radius 1 is 1.38 bits per heavy atom. The first-order chi connectivity index (χ1) is 9.96. The van der Waals surface area contributed by atoms with Crippen LogP contribution in [0.5, 0.6) is 0 Å². The Morgan fingerprint density at radius 3 is 2.81 bits per heavy atom. The highest BCUT2D eigenvalue weighted by molar-refractivity contribution is 7.91. The molecule has 1 aromatic heterocycles. The number of amides is 1. The molecule has 1 aromatic carbocycles. The van der Waals surface area contributed by atoms with Gasteiger partial charge in [0.05, 0.1) is 16.5 Å². The molecule has 0 saturated carbocycles. The standard InChI is InChI=1S/C14H14ClNO3S2/c15-12-10-3-1-2-4-11(10)20-13(12)14(17)16-7-9-5-6-21(18,19)8-9/h1-4,9H,5-8H2,(H,16,17). The third kappa shape index (κ3) is 3.07. The fourth-order valence-electron chi connectivity index (χ4n) is 2.51. The first kappa shape index (κ1) is 14.8. The average molecular weight is 344 g/mol.